The van der Waals surface area contributed by atoms with Crippen molar-refractivity contribution in [1.29, 1.82) is 0 Å². The SMILES string of the molecule is O=C1CC[C@@H](C(=O)N[C@@H](Cc2ccc([N+](=O)[O-])cc2)C(=O)O)N1. The highest BCUT2D eigenvalue weighted by molar-refractivity contribution is 5.92. The summed E-state index contributed by atoms with van der Waals surface area (Å²) in [7, 11) is 0. The van der Waals surface area contributed by atoms with Gasteiger partial charge in [0, 0.05) is 25.0 Å². The minimum Gasteiger partial charge on any atom is -0.480 e. The lowest BCUT2D eigenvalue weighted by Crippen LogP contribution is -2.49. The van der Waals surface area contributed by atoms with Gasteiger partial charge in [-0.25, -0.2) is 4.79 Å². The first kappa shape index (κ1) is 16.4. The van der Waals surface area contributed by atoms with Gasteiger partial charge in [0.1, 0.15) is 12.1 Å². The van der Waals surface area contributed by atoms with Crippen LogP contribution < -0.4 is 10.6 Å². The Bertz CT molecular complexity index is 642. The second-order valence-electron chi connectivity index (χ2n) is 5.19. The van der Waals surface area contributed by atoms with Crippen molar-refractivity contribution in [3.63, 3.8) is 0 Å². The Morgan fingerprint density at radius 2 is 2.04 bits per heavy atom. The van der Waals surface area contributed by atoms with Crippen LogP contribution in [-0.2, 0) is 20.8 Å². The number of nitrogens with zero attached hydrogens (tertiary/aromatic N) is 1. The smallest absolute Gasteiger partial charge is 0.326 e. The Hall–Kier alpha value is -2.97. The lowest BCUT2D eigenvalue weighted by molar-refractivity contribution is -0.384. The number of benzene rings is 1. The van der Waals surface area contributed by atoms with Crippen molar-refractivity contribution in [2.45, 2.75) is 31.3 Å². The topological polar surface area (TPSA) is 139 Å². The molecule has 2 atom stereocenters. The average molecular weight is 321 g/mol. The molecular formula is C14H15N3O6. The lowest BCUT2D eigenvalue weighted by atomic mass is 10.0. The summed E-state index contributed by atoms with van der Waals surface area (Å²) >= 11 is 0. The molecule has 0 aromatic heterocycles. The molecule has 0 spiro atoms. The number of carboxylic acid groups (broad SMARTS) is 1. The molecule has 1 aliphatic rings. The second kappa shape index (κ2) is 6.86. The molecule has 0 aliphatic carbocycles. The van der Waals surface area contributed by atoms with E-state index in [-0.39, 0.29) is 24.4 Å². The summed E-state index contributed by atoms with van der Waals surface area (Å²) in [5.74, 6) is -2.02. The fraction of sp³-hybridized carbons (Fsp3) is 0.357. The quantitative estimate of drug-likeness (QED) is 0.497. The van der Waals surface area contributed by atoms with Crippen LogP contribution in [0.1, 0.15) is 18.4 Å². The second-order valence-corrected chi connectivity index (χ2v) is 5.19. The first-order valence-corrected chi connectivity index (χ1v) is 6.92. The Morgan fingerprint density at radius 3 is 2.52 bits per heavy atom. The van der Waals surface area contributed by atoms with Crippen molar-refractivity contribution in [3.8, 4) is 0 Å². The Kier molecular flexibility index (Phi) is 4.89. The van der Waals surface area contributed by atoms with E-state index in [1.165, 1.54) is 24.3 Å². The Morgan fingerprint density at radius 1 is 1.39 bits per heavy atom. The van der Waals surface area contributed by atoms with Gasteiger partial charge < -0.3 is 15.7 Å². The predicted molar refractivity (Wildman–Crippen MR) is 77.5 cm³/mol. The summed E-state index contributed by atoms with van der Waals surface area (Å²) in [5, 5.41) is 24.6. The number of aliphatic carboxylic acids is 1. The molecule has 122 valence electrons. The molecule has 0 radical (unpaired) electrons. The molecule has 2 amide bonds. The minimum absolute atomic E-state index is 0.0142. The normalized spacial score (nSPS) is 18.1. The molecule has 23 heavy (non-hydrogen) atoms. The highest BCUT2D eigenvalue weighted by Crippen LogP contribution is 2.14. The molecule has 3 N–H and O–H groups in total. The third kappa shape index (κ3) is 4.25. The molecule has 2 rings (SSSR count). The van der Waals surface area contributed by atoms with Crippen LogP contribution in [0.5, 0.6) is 0 Å². The summed E-state index contributed by atoms with van der Waals surface area (Å²) in [6.07, 6.45) is 0.548. The number of non-ortho nitro benzene ring substituents is 1. The maximum atomic E-state index is 12.0. The number of rotatable bonds is 6. The fourth-order valence-corrected chi connectivity index (χ4v) is 2.27. The highest BCUT2D eigenvalue weighted by Gasteiger charge is 2.30. The zero-order valence-corrected chi connectivity index (χ0v) is 12.0. The molecule has 1 aliphatic heterocycles. The predicted octanol–water partition coefficient (Wildman–Crippen LogP) is -0.0147. The maximum absolute atomic E-state index is 12.0. The van der Waals surface area contributed by atoms with Crippen LogP contribution in [0, 0.1) is 10.1 Å². The summed E-state index contributed by atoms with van der Waals surface area (Å²) in [6, 6.07) is 3.53. The molecule has 1 aromatic carbocycles. The van der Waals surface area contributed by atoms with E-state index < -0.39 is 28.9 Å². The van der Waals surface area contributed by atoms with Crippen LogP contribution in [0.2, 0.25) is 0 Å². The summed E-state index contributed by atoms with van der Waals surface area (Å²) in [4.78, 5) is 44.4. The van der Waals surface area contributed by atoms with Gasteiger partial charge in [-0.15, -0.1) is 0 Å². The molecule has 1 heterocycles. The van der Waals surface area contributed by atoms with Gasteiger partial charge in [0.25, 0.3) is 5.69 Å². The summed E-state index contributed by atoms with van der Waals surface area (Å²) in [6.45, 7) is 0. The Balaban J connectivity index is 2.01. The molecule has 0 saturated carbocycles. The van der Waals surface area contributed by atoms with Crippen LogP contribution in [0.3, 0.4) is 0 Å². The number of nitro benzene ring substituents is 1. The van der Waals surface area contributed by atoms with Crippen molar-refractivity contribution < 1.29 is 24.4 Å². The number of amides is 2. The lowest BCUT2D eigenvalue weighted by Gasteiger charge is -2.17. The minimum atomic E-state index is -1.22. The van der Waals surface area contributed by atoms with Gasteiger partial charge >= 0.3 is 5.97 Å². The number of nitrogens with one attached hydrogen (secondary N) is 2. The molecule has 1 saturated heterocycles. The maximum Gasteiger partial charge on any atom is 0.326 e. The van der Waals surface area contributed by atoms with Crippen molar-refractivity contribution in [3.05, 3.63) is 39.9 Å². The fourth-order valence-electron chi connectivity index (χ4n) is 2.27. The zero-order valence-electron chi connectivity index (χ0n) is 12.0. The van der Waals surface area contributed by atoms with Crippen LogP contribution in [0.4, 0.5) is 5.69 Å². The molecule has 1 aromatic rings. The third-order valence-electron chi connectivity index (χ3n) is 3.51. The van der Waals surface area contributed by atoms with Gasteiger partial charge in [0.2, 0.25) is 11.8 Å². The molecule has 9 heteroatoms. The van der Waals surface area contributed by atoms with Crippen LogP contribution in [-0.4, -0.2) is 39.9 Å². The van der Waals surface area contributed by atoms with E-state index in [0.29, 0.717) is 12.0 Å². The summed E-state index contributed by atoms with van der Waals surface area (Å²) in [5.41, 5.74) is 0.442. The van der Waals surface area contributed by atoms with E-state index in [1.54, 1.807) is 0 Å². The zero-order chi connectivity index (χ0) is 17.0. The van der Waals surface area contributed by atoms with E-state index in [9.17, 15) is 29.6 Å². The van der Waals surface area contributed by atoms with Crippen LogP contribution >= 0.6 is 0 Å². The van der Waals surface area contributed by atoms with E-state index in [1.807, 2.05) is 0 Å². The molecule has 0 unspecified atom stereocenters. The first-order valence-electron chi connectivity index (χ1n) is 6.92. The van der Waals surface area contributed by atoms with Crippen LogP contribution in [0.25, 0.3) is 0 Å². The van der Waals surface area contributed by atoms with Crippen LogP contribution in [0.15, 0.2) is 24.3 Å². The number of carbonyl (C=O) groups is 3. The van der Waals surface area contributed by atoms with Crippen molar-refractivity contribution >= 4 is 23.5 Å². The summed E-state index contributed by atoms with van der Waals surface area (Å²) < 4.78 is 0. The number of nitro groups is 1. The van der Waals surface area contributed by atoms with Gasteiger partial charge in [-0.1, -0.05) is 12.1 Å². The van der Waals surface area contributed by atoms with Gasteiger partial charge in [0.05, 0.1) is 4.92 Å². The monoisotopic (exact) mass is 321 g/mol. The standard InChI is InChI=1S/C14H15N3O6/c18-12-6-5-10(15-12)13(19)16-11(14(20)21)7-8-1-3-9(4-2-8)17(22)23/h1-4,10-11H,5-7H2,(H,15,18)(H,16,19)(H,20,21)/t10-,11-/m0/s1. The van der Waals surface area contributed by atoms with Gasteiger partial charge in [-0.2, -0.15) is 0 Å². The average Bonchev–Trinajstić information content (AvgIpc) is 2.93. The Labute approximate surface area is 130 Å². The van der Waals surface area contributed by atoms with E-state index in [2.05, 4.69) is 10.6 Å². The van der Waals surface area contributed by atoms with E-state index >= 15 is 0 Å². The van der Waals surface area contributed by atoms with Crippen molar-refractivity contribution in [2.75, 3.05) is 0 Å². The highest BCUT2D eigenvalue weighted by atomic mass is 16.6. The number of hydrogen-bond donors (Lipinski definition) is 3. The molecular weight excluding hydrogens is 306 g/mol. The number of hydrogen-bond acceptors (Lipinski definition) is 5. The largest absolute Gasteiger partial charge is 0.480 e. The van der Waals surface area contributed by atoms with Gasteiger partial charge in [0.15, 0.2) is 0 Å². The molecule has 0 bridgehead atoms. The third-order valence-corrected chi connectivity index (χ3v) is 3.51. The van der Waals surface area contributed by atoms with Crippen molar-refractivity contribution in [2.24, 2.45) is 0 Å². The molecule has 9 nitrogen and oxygen atoms in total. The number of carboxylic acids is 1. The molecule has 1 fully saturated rings. The van der Waals surface area contributed by atoms with Gasteiger partial charge in [-0.3, -0.25) is 19.7 Å². The van der Waals surface area contributed by atoms with Crippen molar-refractivity contribution in [1.82, 2.24) is 10.6 Å². The van der Waals surface area contributed by atoms with Gasteiger partial charge in [-0.05, 0) is 12.0 Å². The number of carbonyl (C=O) groups excluding carboxylic acids is 2. The van der Waals surface area contributed by atoms with E-state index in [4.69, 9.17) is 0 Å². The first-order chi connectivity index (χ1) is 10.9. The van der Waals surface area contributed by atoms with E-state index in [0.717, 1.165) is 0 Å².